The zero-order valence-electron chi connectivity index (χ0n) is 16.6. The molecule has 1 heterocycles. The van der Waals surface area contributed by atoms with E-state index in [-0.39, 0.29) is 28.9 Å². The van der Waals surface area contributed by atoms with Crippen molar-refractivity contribution in [1.82, 2.24) is 15.8 Å². The number of carbonyl (C=O) groups is 1. The van der Waals surface area contributed by atoms with E-state index in [1.54, 1.807) is 0 Å². The van der Waals surface area contributed by atoms with Gasteiger partial charge in [0.15, 0.2) is 0 Å². The van der Waals surface area contributed by atoms with Crippen molar-refractivity contribution in [3.63, 3.8) is 0 Å². The molecular weight excluding hydrogens is 462 g/mol. The van der Waals surface area contributed by atoms with Gasteiger partial charge in [-0.25, -0.2) is 0 Å². The number of ether oxygens (including phenoxy) is 1. The number of nitrogens with zero attached hydrogens (tertiary/aromatic N) is 5. The van der Waals surface area contributed by atoms with Crippen LogP contribution >= 0.6 is 0 Å². The topological polar surface area (TPSA) is 103 Å². The Hall–Kier alpha value is -1.33. The van der Waals surface area contributed by atoms with Gasteiger partial charge in [-0.15, -0.1) is 0 Å². The molecule has 29 heavy (non-hydrogen) atoms. The normalized spacial score (nSPS) is 23.2. The van der Waals surface area contributed by atoms with E-state index in [0.717, 1.165) is 12.1 Å². The molecule has 12 heteroatoms. The molecule has 1 aliphatic carbocycles. The first kappa shape index (κ1) is 25.7. The average molecular weight is 489 g/mol. The van der Waals surface area contributed by atoms with Crippen molar-refractivity contribution >= 4 is 52.9 Å². The van der Waals surface area contributed by atoms with Crippen LogP contribution in [0.3, 0.4) is 0 Å². The quantitative estimate of drug-likeness (QED) is 0.184. The van der Waals surface area contributed by atoms with Crippen LogP contribution in [0, 0.1) is 5.92 Å². The maximum absolute atomic E-state index is 12.7. The summed E-state index contributed by atoms with van der Waals surface area (Å²) in [7, 11) is 0. The summed E-state index contributed by atoms with van der Waals surface area (Å²) in [5.41, 5.74) is 7.04. The number of amidine groups is 2. The molecule has 1 aliphatic heterocycles. The van der Waals surface area contributed by atoms with Crippen molar-refractivity contribution in [2.24, 2.45) is 26.1 Å². The van der Waals surface area contributed by atoms with Crippen LogP contribution in [-0.2, 0) is 51.9 Å². The molecule has 2 rings (SSSR count). The SMILES string of the molecule is CCN=C([S-])N/N=C1\CC[C@H](CC(=O)N2CCOCC2)\C1=N/NC([S-])=NCC.[Cu+2]. The molecule has 165 valence electrons. The first-order valence-corrected chi connectivity index (χ1v) is 10.3. The number of amides is 1. The third kappa shape index (κ3) is 8.51. The van der Waals surface area contributed by atoms with E-state index in [2.05, 4.69) is 31.0 Å². The first-order valence-electron chi connectivity index (χ1n) is 9.50. The molecule has 1 radical (unpaired) electrons. The zero-order valence-corrected chi connectivity index (χ0v) is 19.2. The number of hydrogen-bond donors (Lipinski definition) is 2. The van der Waals surface area contributed by atoms with Crippen LogP contribution in [0.25, 0.3) is 0 Å². The minimum atomic E-state index is -0.0375. The van der Waals surface area contributed by atoms with Gasteiger partial charge in [0.25, 0.3) is 0 Å². The van der Waals surface area contributed by atoms with Gasteiger partial charge in [0.05, 0.1) is 24.6 Å². The number of aliphatic imine (C=N–C) groups is 2. The van der Waals surface area contributed by atoms with E-state index >= 15 is 0 Å². The summed E-state index contributed by atoms with van der Waals surface area (Å²) in [4.78, 5) is 22.7. The van der Waals surface area contributed by atoms with Crippen molar-refractivity contribution in [1.29, 1.82) is 0 Å². The number of morpholine rings is 1. The van der Waals surface area contributed by atoms with Crippen molar-refractivity contribution in [2.75, 3.05) is 39.4 Å². The van der Waals surface area contributed by atoms with Gasteiger partial charge >= 0.3 is 17.1 Å². The second kappa shape index (κ2) is 13.8. The van der Waals surface area contributed by atoms with Crippen LogP contribution in [0.1, 0.15) is 33.1 Å². The van der Waals surface area contributed by atoms with E-state index in [4.69, 9.17) is 30.0 Å². The number of hydrazone groups is 2. The predicted molar refractivity (Wildman–Crippen MR) is 117 cm³/mol. The number of carbonyl (C=O) groups excluding carboxylic acids is 1. The molecule has 1 atom stereocenters. The summed E-state index contributed by atoms with van der Waals surface area (Å²) in [5.74, 6) is 0.0667. The van der Waals surface area contributed by atoms with Crippen molar-refractivity contribution in [2.45, 2.75) is 33.1 Å². The van der Waals surface area contributed by atoms with Crippen LogP contribution in [0.15, 0.2) is 20.2 Å². The van der Waals surface area contributed by atoms with Gasteiger partial charge in [0.1, 0.15) is 0 Å². The fraction of sp³-hybridized carbons (Fsp3) is 0.706. The number of nitrogens with one attached hydrogen (secondary N) is 2. The fourth-order valence-corrected chi connectivity index (χ4v) is 3.36. The zero-order chi connectivity index (χ0) is 20.4. The standard InChI is InChI=1S/C17H29N7O2S2.Cu/c1-3-18-16(27)22-20-13-6-5-12(15(13)21-23-17(28)19-4-2)11-14(25)24-7-9-26-10-8-24;/h12H,3-11H2,1-2H3,(H2,18,22,27)(H2,19,23,28);/q;+2/p-2/b20-13+,21-15+;/t12-;/m1./s1. The molecule has 1 saturated heterocycles. The Balaban J connectivity index is 0.00000420. The molecule has 0 aromatic heterocycles. The number of hydrogen-bond acceptors (Lipinski definition) is 8. The first-order chi connectivity index (χ1) is 13.5. The van der Waals surface area contributed by atoms with Crippen molar-refractivity contribution in [3.8, 4) is 0 Å². The van der Waals surface area contributed by atoms with Gasteiger partial charge in [0, 0.05) is 38.5 Å². The molecule has 9 nitrogen and oxygen atoms in total. The Morgan fingerprint density at radius 3 is 2.28 bits per heavy atom. The Morgan fingerprint density at radius 1 is 1.10 bits per heavy atom. The Labute approximate surface area is 193 Å². The van der Waals surface area contributed by atoms with Crippen LogP contribution < -0.4 is 10.9 Å². The average Bonchev–Trinajstić information content (AvgIpc) is 3.07. The summed E-state index contributed by atoms with van der Waals surface area (Å²) in [6, 6.07) is 0. The van der Waals surface area contributed by atoms with E-state index in [9.17, 15) is 4.79 Å². The largest absolute Gasteiger partial charge is 2.00 e. The summed E-state index contributed by atoms with van der Waals surface area (Å²) in [6.07, 6.45) is 1.86. The van der Waals surface area contributed by atoms with Crippen molar-refractivity contribution < 1.29 is 26.6 Å². The van der Waals surface area contributed by atoms with Gasteiger partial charge in [0.2, 0.25) is 5.91 Å². The van der Waals surface area contributed by atoms with Gasteiger partial charge < -0.3 is 34.9 Å². The molecule has 2 fully saturated rings. The van der Waals surface area contributed by atoms with Crippen molar-refractivity contribution in [3.05, 3.63) is 0 Å². The molecule has 0 aromatic rings. The Kier molecular flexibility index (Phi) is 12.2. The summed E-state index contributed by atoms with van der Waals surface area (Å²) in [5, 5.41) is 9.41. The number of rotatable bonds is 6. The summed E-state index contributed by atoms with van der Waals surface area (Å²) in [6.45, 7) is 7.39. The maximum Gasteiger partial charge on any atom is 2.00 e. The smallest absolute Gasteiger partial charge is 0.741 e. The van der Waals surface area contributed by atoms with E-state index in [1.165, 1.54) is 0 Å². The summed E-state index contributed by atoms with van der Waals surface area (Å²) < 4.78 is 5.32. The molecular formula is C17H27CuN7O2S2. The predicted octanol–water partition coefficient (Wildman–Crippen LogP) is 0.380. The van der Waals surface area contributed by atoms with E-state index in [0.29, 0.717) is 68.3 Å². The van der Waals surface area contributed by atoms with Crippen LogP contribution in [-0.4, -0.2) is 72.0 Å². The Morgan fingerprint density at radius 2 is 1.69 bits per heavy atom. The molecule has 0 bridgehead atoms. The second-order valence-electron chi connectivity index (χ2n) is 6.27. The third-order valence-corrected chi connectivity index (χ3v) is 4.80. The van der Waals surface area contributed by atoms with Gasteiger partial charge in [-0.3, -0.25) is 25.6 Å². The second-order valence-corrected chi connectivity index (χ2v) is 7.04. The van der Waals surface area contributed by atoms with Crippen LogP contribution in [0.4, 0.5) is 0 Å². The van der Waals surface area contributed by atoms with E-state index < -0.39 is 0 Å². The maximum atomic E-state index is 12.7. The molecule has 2 aliphatic rings. The van der Waals surface area contributed by atoms with E-state index in [1.807, 2.05) is 18.7 Å². The van der Waals surface area contributed by atoms with Gasteiger partial charge in [-0.1, -0.05) is 0 Å². The Bertz CT molecular complexity index is 664. The minimum Gasteiger partial charge on any atom is -0.741 e. The molecule has 1 saturated carbocycles. The van der Waals surface area contributed by atoms with Crippen LogP contribution in [0.2, 0.25) is 0 Å². The van der Waals surface area contributed by atoms with Crippen LogP contribution in [0.5, 0.6) is 0 Å². The monoisotopic (exact) mass is 488 g/mol. The third-order valence-electron chi connectivity index (χ3n) is 4.36. The molecule has 0 spiro atoms. The molecule has 2 N–H and O–H groups in total. The molecule has 1 amide bonds. The van der Waals surface area contributed by atoms with Gasteiger partial charge in [-0.05, 0) is 37.0 Å². The summed E-state index contributed by atoms with van der Waals surface area (Å²) >= 11 is 10.2. The van der Waals surface area contributed by atoms with Gasteiger partial charge in [-0.2, -0.15) is 10.2 Å². The molecule has 0 aromatic carbocycles. The fourth-order valence-electron chi connectivity index (χ4n) is 3.01. The molecule has 0 unspecified atom stereocenters. The minimum absolute atomic E-state index is 0.